The molecule has 16 heavy (non-hydrogen) atoms. The number of carbonyl (C=O) groups is 1. The van der Waals surface area contributed by atoms with Crippen molar-refractivity contribution >= 4 is 17.5 Å². The molecule has 0 spiro atoms. The first-order valence-electron chi connectivity index (χ1n) is 5.83. The highest BCUT2D eigenvalue weighted by Gasteiger charge is 2.23. The first kappa shape index (κ1) is 11.7. The number of Topliss-reactive ketones (excluding diaryl/α,β-unsaturated/α-hetero) is 1. The second-order valence-corrected chi connectivity index (χ2v) is 5.78. The highest BCUT2D eigenvalue weighted by molar-refractivity contribution is 7.99. The van der Waals surface area contributed by atoms with Crippen molar-refractivity contribution in [3.63, 3.8) is 0 Å². The van der Waals surface area contributed by atoms with E-state index in [9.17, 15) is 4.79 Å². The van der Waals surface area contributed by atoms with Gasteiger partial charge in [0.2, 0.25) is 0 Å². The fourth-order valence-electron chi connectivity index (χ4n) is 2.11. The largest absolute Gasteiger partial charge is 0.299 e. The van der Waals surface area contributed by atoms with Crippen LogP contribution in [0.25, 0.3) is 0 Å². The summed E-state index contributed by atoms with van der Waals surface area (Å²) in [4.78, 5) is 12.1. The number of hydrogen-bond donors (Lipinski definition) is 0. The summed E-state index contributed by atoms with van der Waals surface area (Å²) in [6.45, 7) is 4.17. The van der Waals surface area contributed by atoms with Crippen molar-refractivity contribution < 1.29 is 4.79 Å². The minimum atomic E-state index is 0.310. The van der Waals surface area contributed by atoms with Gasteiger partial charge in [-0.1, -0.05) is 23.8 Å². The third-order valence-corrected chi connectivity index (χ3v) is 4.42. The van der Waals surface area contributed by atoms with Gasteiger partial charge in [0.15, 0.2) is 0 Å². The van der Waals surface area contributed by atoms with E-state index in [4.69, 9.17) is 0 Å². The standard InChI is InChI=1S/C14H18OS/c1-10-3-4-11(2)13(7-10)8-14(15)12-5-6-16-9-12/h3-4,7,12H,5-6,8-9H2,1-2H3. The zero-order valence-electron chi connectivity index (χ0n) is 9.95. The highest BCUT2D eigenvalue weighted by Crippen LogP contribution is 2.25. The van der Waals surface area contributed by atoms with Crippen molar-refractivity contribution in [2.24, 2.45) is 5.92 Å². The van der Waals surface area contributed by atoms with Crippen LogP contribution >= 0.6 is 11.8 Å². The number of rotatable bonds is 3. The molecule has 86 valence electrons. The van der Waals surface area contributed by atoms with Gasteiger partial charge in [0, 0.05) is 18.1 Å². The summed E-state index contributed by atoms with van der Waals surface area (Å²) < 4.78 is 0. The summed E-state index contributed by atoms with van der Waals surface area (Å²) in [6, 6.07) is 6.37. The average Bonchev–Trinajstić information content (AvgIpc) is 2.76. The fourth-order valence-corrected chi connectivity index (χ4v) is 3.37. The van der Waals surface area contributed by atoms with Gasteiger partial charge in [-0.05, 0) is 37.1 Å². The van der Waals surface area contributed by atoms with E-state index >= 15 is 0 Å². The predicted molar refractivity (Wildman–Crippen MR) is 70.1 cm³/mol. The molecule has 0 amide bonds. The minimum Gasteiger partial charge on any atom is -0.299 e. The molecule has 1 aromatic carbocycles. The van der Waals surface area contributed by atoms with Crippen LogP contribution in [-0.4, -0.2) is 17.3 Å². The van der Waals surface area contributed by atoms with Crippen LogP contribution in [0.3, 0.4) is 0 Å². The molecule has 0 saturated carbocycles. The van der Waals surface area contributed by atoms with Gasteiger partial charge in [-0.15, -0.1) is 0 Å². The zero-order valence-corrected chi connectivity index (χ0v) is 10.8. The van der Waals surface area contributed by atoms with Crippen molar-refractivity contribution in [3.05, 3.63) is 34.9 Å². The lowest BCUT2D eigenvalue weighted by Crippen LogP contribution is -2.16. The van der Waals surface area contributed by atoms with Crippen LogP contribution in [0.1, 0.15) is 23.1 Å². The van der Waals surface area contributed by atoms with Gasteiger partial charge in [-0.3, -0.25) is 4.79 Å². The Morgan fingerprint density at radius 2 is 2.25 bits per heavy atom. The Morgan fingerprint density at radius 3 is 2.94 bits per heavy atom. The van der Waals surface area contributed by atoms with Crippen LogP contribution in [0.2, 0.25) is 0 Å². The van der Waals surface area contributed by atoms with E-state index in [0.717, 1.165) is 17.9 Å². The van der Waals surface area contributed by atoms with Crippen LogP contribution in [0.15, 0.2) is 18.2 Å². The monoisotopic (exact) mass is 234 g/mol. The molecule has 0 aromatic heterocycles. The van der Waals surface area contributed by atoms with E-state index in [1.54, 1.807) is 0 Å². The molecule has 1 nitrogen and oxygen atoms in total. The van der Waals surface area contributed by atoms with Gasteiger partial charge in [-0.25, -0.2) is 0 Å². The van der Waals surface area contributed by atoms with Crippen molar-refractivity contribution in [3.8, 4) is 0 Å². The van der Waals surface area contributed by atoms with Crippen molar-refractivity contribution in [2.75, 3.05) is 11.5 Å². The Morgan fingerprint density at radius 1 is 1.44 bits per heavy atom. The summed E-state index contributed by atoms with van der Waals surface area (Å²) in [7, 11) is 0. The number of benzene rings is 1. The van der Waals surface area contributed by atoms with Crippen LogP contribution in [0, 0.1) is 19.8 Å². The van der Waals surface area contributed by atoms with E-state index in [0.29, 0.717) is 18.1 Å². The minimum absolute atomic E-state index is 0.310. The maximum atomic E-state index is 12.1. The number of ketones is 1. The Balaban J connectivity index is 2.07. The van der Waals surface area contributed by atoms with E-state index < -0.39 is 0 Å². The maximum Gasteiger partial charge on any atom is 0.141 e. The summed E-state index contributed by atoms with van der Waals surface area (Å²) in [5.74, 6) is 2.93. The van der Waals surface area contributed by atoms with Gasteiger partial charge in [0.1, 0.15) is 5.78 Å². The number of carbonyl (C=O) groups excluding carboxylic acids is 1. The molecular formula is C14H18OS. The molecule has 0 radical (unpaired) electrons. The lowest BCUT2D eigenvalue weighted by atomic mass is 9.94. The first-order valence-corrected chi connectivity index (χ1v) is 6.99. The van der Waals surface area contributed by atoms with Gasteiger partial charge in [0.25, 0.3) is 0 Å². The number of aryl methyl sites for hydroxylation is 2. The normalized spacial score (nSPS) is 20.0. The smallest absolute Gasteiger partial charge is 0.141 e. The second kappa shape index (κ2) is 5.05. The molecular weight excluding hydrogens is 216 g/mol. The molecule has 1 aliphatic rings. The molecule has 1 unspecified atom stereocenters. The Hall–Kier alpha value is -0.760. The summed E-state index contributed by atoms with van der Waals surface area (Å²) >= 11 is 1.91. The first-order chi connectivity index (χ1) is 7.66. The number of hydrogen-bond acceptors (Lipinski definition) is 2. The van der Waals surface area contributed by atoms with Crippen LogP contribution < -0.4 is 0 Å². The van der Waals surface area contributed by atoms with Crippen molar-refractivity contribution in [1.82, 2.24) is 0 Å². The second-order valence-electron chi connectivity index (χ2n) is 4.63. The molecule has 1 saturated heterocycles. The lowest BCUT2D eigenvalue weighted by Gasteiger charge is -2.10. The fraction of sp³-hybridized carbons (Fsp3) is 0.500. The van der Waals surface area contributed by atoms with Crippen LogP contribution in [-0.2, 0) is 11.2 Å². The summed E-state index contributed by atoms with van der Waals surface area (Å²) in [5, 5.41) is 0. The molecule has 0 N–H and O–H groups in total. The van der Waals surface area contributed by atoms with Crippen LogP contribution in [0.5, 0.6) is 0 Å². The molecule has 2 heteroatoms. The Bertz CT molecular complexity index is 392. The van der Waals surface area contributed by atoms with Gasteiger partial charge >= 0.3 is 0 Å². The maximum absolute atomic E-state index is 12.1. The highest BCUT2D eigenvalue weighted by atomic mass is 32.2. The molecule has 1 fully saturated rings. The van der Waals surface area contributed by atoms with Gasteiger partial charge < -0.3 is 0 Å². The number of thioether (sulfide) groups is 1. The topological polar surface area (TPSA) is 17.1 Å². The third-order valence-electron chi connectivity index (χ3n) is 3.25. The molecule has 1 atom stereocenters. The summed E-state index contributed by atoms with van der Waals surface area (Å²) in [6.07, 6.45) is 1.70. The molecule has 1 aromatic rings. The van der Waals surface area contributed by atoms with Crippen molar-refractivity contribution in [2.45, 2.75) is 26.7 Å². The molecule has 1 heterocycles. The quantitative estimate of drug-likeness (QED) is 0.799. The molecule has 2 rings (SSSR count). The van der Waals surface area contributed by atoms with E-state index in [1.165, 1.54) is 16.7 Å². The van der Waals surface area contributed by atoms with Crippen molar-refractivity contribution in [1.29, 1.82) is 0 Å². The SMILES string of the molecule is Cc1ccc(C)c(CC(=O)C2CCSC2)c1. The lowest BCUT2D eigenvalue weighted by molar-refractivity contribution is -0.121. The van der Waals surface area contributed by atoms with E-state index in [2.05, 4.69) is 32.0 Å². The Labute approximate surface area is 102 Å². The van der Waals surface area contributed by atoms with Gasteiger partial charge in [0.05, 0.1) is 0 Å². The Kier molecular flexibility index (Phi) is 3.70. The van der Waals surface area contributed by atoms with Gasteiger partial charge in [-0.2, -0.15) is 11.8 Å². The molecule has 0 aliphatic carbocycles. The van der Waals surface area contributed by atoms with E-state index in [1.807, 2.05) is 11.8 Å². The predicted octanol–water partition coefficient (Wildman–Crippen LogP) is 3.17. The molecule has 0 bridgehead atoms. The summed E-state index contributed by atoms with van der Waals surface area (Å²) in [5.41, 5.74) is 3.70. The average molecular weight is 234 g/mol. The third kappa shape index (κ3) is 2.67. The molecule has 1 aliphatic heterocycles. The van der Waals surface area contributed by atoms with Crippen LogP contribution in [0.4, 0.5) is 0 Å². The zero-order chi connectivity index (χ0) is 11.5. The van der Waals surface area contributed by atoms with E-state index in [-0.39, 0.29) is 0 Å².